The van der Waals surface area contributed by atoms with Gasteiger partial charge in [0.25, 0.3) is 0 Å². The zero-order valence-electron chi connectivity index (χ0n) is 16.2. The number of hydrogen-bond donors (Lipinski definition) is 1. The fourth-order valence-corrected chi connectivity index (χ4v) is 4.02. The van der Waals surface area contributed by atoms with Crippen LogP contribution in [0, 0.1) is 0 Å². The average Bonchev–Trinajstić information content (AvgIpc) is 3.23. The standard InChI is InChI=1S/C26H23N3/c1-3-11-21(12-4-1)25-18-26(22-13-5-2-6-14-22)29(28-25)19-27-24-17-9-15-20-10-7-8-16-23(20)24/h1-17,26-27H,18-19H2/t26-/m1/s1. The Kier molecular flexibility index (Phi) is 4.71. The predicted molar refractivity (Wildman–Crippen MR) is 121 cm³/mol. The van der Waals surface area contributed by atoms with Crippen LogP contribution < -0.4 is 5.32 Å². The molecule has 0 spiro atoms. The molecule has 5 rings (SSSR count). The van der Waals surface area contributed by atoms with Crippen molar-refractivity contribution < 1.29 is 0 Å². The van der Waals surface area contributed by atoms with Gasteiger partial charge in [0.15, 0.2) is 0 Å². The van der Waals surface area contributed by atoms with Crippen molar-refractivity contribution in [1.82, 2.24) is 5.01 Å². The number of hydrazone groups is 1. The molecule has 0 amide bonds. The van der Waals surface area contributed by atoms with Gasteiger partial charge < -0.3 is 5.32 Å². The minimum atomic E-state index is 0.230. The van der Waals surface area contributed by atoms with Crippen molar-refractivity contribution in [3.05, 3.63) is 114 Å². The van der Waals surface area contributed by atoms with Gasteiger partial charge in [-0.1, -0.05) is 97.1 Å². The molecule has 1 heterocycles. The number of nitrogens with one attached hydrogen (secondary N) is 1. The molecule has 3 nitrogen and oxygen atoms in total. The number of anilines is 1. The molecule has 142 valence electrons. The molecule has 0 saturated heterocycles. The summed E-state index contributed by atoms with van der Waals surface area (Å²) in [6, 6.07) is 36.2. The summed E-state index contributed by atoms with van der Waals surface area (Å²) in [5.41, 5.74) is 4.76. The largest absolute Gasteiger partial charge is 0.366 e. The molecule has 1 N–H and O–H groups in total. The van der Waals surface area contributed by atoms with Gasteiger partial charge in [0.1, 0.15) is 6.67 Å². The molecule has 0 aromatic heterocycles. The van der Waals surface area contributed by atoms with Crippen LogP contribution in [0.15, 0.2) is 108 Å². The second kappa shape index (κ2) is 7.80. The molecular formula is C26H23N3. The van der Waals surface area contributed by atoms with Crippen molar-refractivity contribution in [2.24, 2.45) is 5.10 Å². The van der Waals surface area contributed by atoms with E-state index in [2.05, 4.69) is 107 Å². The zero-order valence-corrected chi connectivity index (χ0v) is 16.2. The van der Waals surface area contributed by atoms with Gasteiger partial charge in [0.05, 0.1) is 11.8 Å². The predicted octanol–water partition coefficient (Wildman–Crippen LogP) is 6.06. The fourth-order valence-electron chi connectivity index (χ4n) is 4.02. The smallest absolute Gasteiger partial charge is 0.105 e. The van der Waals surface area contributed by atoms with E-state index in [0.29, 0.717) is 6.67 Å². The summed E-state index contributed by atoms with van der Waals surface area (Å²) in [6.45, 7) is 0.657. The molecule has 0 unspecified atom stereocenters. The molecule has 4 aromatic rings. The highest BCUT2D eigenvalue weighted by atomic mass is 15.5. The van der Waals surface area contributed by atoms with Crippen molar-refractivity contribution in [2.45, 2.75) is 12.5 Å². The van der Waals surface area contributed by atoms with Gasteiger partial charge >= 0.3 is 0 Å². The van der Waals surface area contributed by atoms with Gasteiger partial charge in [0, 0.05) is 17.5 Å². The summed E-state index contributed by atoms with van der Waals surface area (Å²) >= 11 is 0. The number of rotatable bonds is 5. The van der Waals surface area contributed by atoms with Crippen molar-refractivity contribution >= 4 is 22.2 Å². The van der Waals surface area contributed by atoms with Crippen LogP contribution in [0.2, 0.25) is 0 Å². The summed E-state index contributed by atoms with van der Waals surface area (Å²) in [7, 11) is 0. The Bertz CT molecular complexity index is 1130. The number of nitrogens with zero attached hydrogens (tertiary/aromatic N) is 2. The van der Waals surface area contributed by atoms with Crippen LogP contribution in [-0.2, 0) is 0 Å². The van der Waals surface area contributed by atoms with E-state index in [1.165, 1.54) is 21.9 Å². The lowest BCUT2D eigenvalue weighted by Gasteiger charge is -2.25. The molecule has 0 bridgehead atoms. The van der Waals surface area contributed by atoms with Gasteiger partial charge in [-0.05, 0) is 22.6 Å². The summed E-state index contributed by atoms with van der Waals surface area (Å²) in [6.07, 6.45) is 0.908. The van der Waals surface area contributed by atoms with Gasteiger partial charge in [0.2, 0.25) is 0 Å². The normalized spacial score (nSPS) is 16.1. The molecule has 29 heavy (non-hydrogen) atoms. The maximum Gasteiger partial charge on any atom is 0.105 e. The molecule has 0 saturated carbocycles. The van der Waals surface area contributed by atoms with E-state index in [9.17, 15) is 0 Å². The summed E-state index contributed by atoms with van der Waals surface area (Å²) < 4.78 is 0. The Morgan fingerprint density at radius 1 is 0.759 bits per heavy atom. The molecule has 1 aliphatic rings. The van der Waals surface area contributed by atoms with E-state index >= 15 is 0 Å². The van der Waals surface area contributed by atoms with Crippen molar-refractivity contribution in [3.63, 3.8) is 0 Å². The van der Waals surface area contributed by atoms with Crippen LogP contribution in [-0.4, -0.2) is 17.4 Å². The Labute approximate surface area is 171 Å². The van der Waals surface area contributed by atoms with E-state index in [4.69, 9.17) is 5.10 Å². The quantitative estimate of drug-likeness (QED) is 0.458. The summed E-state index contributed by atoms with van der Waals surface area (Å²) in [4.78, 5) is 0. The lowest BCUT2D eigenvalue weighted by Crippen LogP contribution is -2.25. The Morgan fingerprint density at radius 2 is 1.45 bits per heavy atom. The van der Waals surface area contributed by atoms with E-state index < -0.39 is 0 Å². The van der Waals surface area contributed by atoms with Crippen LogP contribution in [0.5, 0.6) is 0 Å². The number of fused-ring (bicyclic) bond motifs is 1. The molecule has 0 radical (unpaired) electrons. The minimum Gasteiger partial charge on any atom is -0.366 e. The minimum absolute atomic E-state index is 0.230. The van der Waals surface area contributed by atoms with Gasteiger partial charge in [-0.25, -0.2) is 0 Å². The van der Waals surface area contributed by atoms with Gasteiger partial charge in [-0.2, -0.15) is 5.10 Å². The van der Waals surface area contributed by atoms with Crippen molar-refractivity contribution in [1.29, 1.82) is 0 Å². The van der Waals surface area contributed by atoms with E-state index in [1.807, 2.05) is 6.07 Å². The second-order valence-electron chi connectivity index (χ2n) is 7.34. The Hall–Kier alpha value is -3.59. The first kappa shape index (κ1) is 17.5. The maximum absolute atomic E-state index is 5.00. The lowest BCUT2D eigenvalue weighted by atomic mass is 9.99. The molecule has 0 aliphatic carbocycles. The van der Waals surface area contributed by atoms with Crippen LogP contribution in [0.25, 0.3) is 10.8 Å². The summed E-state index contributed by atoms with van der Waals surface area (Å²) in [5.74, 6) is 0. The lowest BCUT2D eigenvalue weighted by molar-refractivity contribution is 0.250. The third-order valence-electron chi connectivity index (χ3n) is 5.51. The second-order valence-corrected chi connectivity index (χ2v) is 7.34. The highest BCUT2D eigenvalue weighted by Gasteiger charge is 2.28. The van der Waals surface area contributed by atoms with Crippen LogP contribution in [0.4, 0.5) is 5.69 Å². The first-order chi connectivity index (χ1) is 14.4. The van der Waals surface area contributed by atoms with E-state index in [0.717, 1.165) is 17.8 Å². The first-order valence-corrected chi connectivity index (χ1v) is 10.0. The maximum atomic E-state index is 5.00. The SMILES string of the molecule is c1ccc(C2=NN(CNc3cccc4ccccc34)[C@@H](c3ccccc3)C2)cc1. The van der Waals surface area contributed by atoms with Crippen LogP contribution in [0.3, 0.4) is 0 Å². The molecule has 3 heteroatoms. The molecule has 1 aliphatic heterocycles. The molecular weight excluding hydrogens is 354 g/mol. The van der Waals surface area contributed by atoms with Gasteiger partial charge in [-0.15, -0.1) is 0 Å². The Morgan fingerprint density at radius 3 is 2.28 bits per heavy atom. The zero-order chi connectivity index (χ0) is 19.5. The molecule has 0 fully saturated rings. The molecule has 1 atom stereocenters. The van der Waals surface area contributed by atoms with Crippen molar-refractivity contribution in [2.75, 3.05) is 12.0 Å². The molecule has 4 aromatic carbocycles. The highest BCUT2D eigenvalue weighted by Crippen LogP contribution is 2.33. The fraction of sp³-hybridized carbons (Fsp3) is 0.115. The highest BCUT2D eigenvalue weighted by molar-refractivity contribution is 6.01. The average molecular weight is 377 g/mol. The van der Waals surface area contributed by atoms with Crippen LogP contribution >= 0.6 is 0 Å². The Balaban J connectivity index is 1.44. The van der Waals surface area contributed by atoms with Gasteiger partial charge in [-0.3, -0.25) is 5.01 Å². The summed E-state index contributed by atoms with van der Waals surface area (Å²) in [5, 5.41) is 13.3. The number of hydrogen-bond acceptors (Lipinski definition) is 3. The van der Waals surface area contributed by atoms with Crippen LogP contribution in [0.1, 0.15) is 23.6 Å². The topological polar surface area (TPSA) is 27.6 Å². The third-order valence-corrected chi connectivity index (χ3v) is 5.51. The van der Waals surface area contributed by atoms with E-state index in [-0.39, 0.29) is 6.04 Å². The van der Waals surface area contributed by atoms with E-state index in [1.54, 1.807) is 0 Å². The first-order valence-electron chi connectivity index (χ1n) is 10.0. The number of benzene rings is 4. The third kappa shape index (κ3) is 3.59. The monoisotopic (exact) mass is 377 g/mol. The van der Waals surface area contributed by atoms with Crippen molar-refractivity contribution in [3.8, 4) is 0 Å².